The second kappa shape index (κ2) is 10.5. The van der Waals surface area contributed by atoms with Crippen molar-refractivity contribution >= 4 is 17.6 Å². The molecular weight excluding hydrogens is 227 g/mol. The Balaban J connectivity index is 0. The van der Waals surface area contributed by atoms with Crippen molar-refractivity contribution in [2.24, 2.45) is 0 Å². The van der Waals surface area contributed by atoms with E-state index in [2.05, 4.69) is 0 Å². The van der Waals surface area contributed by atoms with E-state index in [0.29, 0.717) is 0 Å². The van der Waals surface area contributed by atoms with Gasteiger partial charge in [0.05, 0.1) is 11.4 Å². The summed E-state index contributed by atoms with van der Waals surface area (Å²) >= 11 is -2.86. The van der Waals surface area contributed by atoms with Gasteiger partial charge in [0, 0.05) is 5.92 Å². The number of carbonyl (C=O) groups is 1. The van der Waals surface area contributed by atoms with E-state index in [1.165, 1.54) is 0 Å². The first-order valence-electron chi connectivity index (χ1n) is 3.86. The first-order valence-corrected chi connectivity index (χ1v) is 4.89. The SMILES string of the molecule is CC(C=O)c1ccccc1.O=S([O-])O.[Na+]. The zero-order chi connectivity index (χ0) is 11.0. The summed E-state index contributed by atoms with van der Waals surface area (Å²) in [4.78, 5) is 10.3. The van der Waals surface area contributed by atoms with Crippen LogP contribution in [0.1, 0.15) is 18.4 Å². The molecule has 0 fully saturated rings. The molecule has 4 nitrogen and oxygen atoms in total. The minimum Gasteiger partial charge on any atom is -0.750 e. The summed E-state index contributed by atoms with van der Waals surface area (Å²) in [5, 5.41) is 0. The fourth-order valence-corrected chi connectivity index (χ4v) is 0.835. The van der Waals surface area contributed by atoms with Gasteiger partial charge in [-0.05, 0) is 5.56 Å². The van der Waals surface area contributed by atoms with Gasteiger partial charge < -0.3 is 13.9 Å². The van der Waals surface area contributed by atoms with Gasteiger partial charge in [-0.3, -0.25) is 0 Å². The Morgan fingerprint density at radius 1 is 1.40 bits per heavy atom. The summed E-state index contributed by atoms with van der Waals surface area (Å²) in [6, 6.07) is 9.74. The molecule has 0 heterocycles. The number of carbonyl (C=O) groups excluding carboxylic acids is 1. The number of benzene rings is 1. The van der Waals surface area contributed by atoms with Crippen molar-refractivity contribution in [1.82, 2.24) is 0 Å². The molecule has 2 atom stereocenters. The zero-order valence-corrected chi connectivity index (χ0v) is 11.4. The third kappa shape index (κ3) is 10.2. The van der Waals surface area contributed by atoms with Gasteiger partial charge in [-0.15, -0.1) is 0 Å². The van der Waals surface area contributed by atoms with Crippen molar-refractivity contribution in [3.8, 4) is 0 Å². The largest absolute Gasteiger partial charge is 1.00 e. The molecule has 0 aliphatic carbocycles. The molecule has 0 aliphatic heterocycles. The Bertz CT molecular complexity index is 287. The fraction of sp³-hybridized carbons (Fsp3) is 0.222. The van der Waals surface area contributed by atoms with Crippen LogP contribution in [0.3, 0.4) is 0 Å². The van der Waals surface area contributed by atoms with Gasteiger partial charge in [-0.2, -0.15) is 0 Å². The molecule has 0 saturated carbocycles. The molecule has 0 saturated heterocycles. The van der Waals surface area contributed by atoms with Crippen molar-refractivity contribution in [3.05, 3.63) is 35.9 Å². The molecule has 0 bridgehead atoms. The van der Waals surface area contributed by atoms with Crippen LogP contribution in [0.5, 0.6) is 0 Å². The average molecular weight is 238 g/mol. The minimum atomic E-state index is -2.86. The second-order valence-corrected chi connectivity index (χ2v) is 2.99. The summed E-state index contributed by atoms with van der Waals surface area (Å²) in [6.45, 7) is 1.89. The van der Waals surface area contributed by atoms with Crippen LogP contribution in [0.25, 0.3) is 0 Å². The van der Waals surface area contributed by atoms with Gasteiger partial charge in [-0.1, -0.05) is 37.3 Å². The van der Waals surface area contributed by atoms with Crippen LogP contribution < -0.4 is 29.6 Å². The summed E-state index contributed by atoms with van der Waals surface area (Å²) < 4.78 is 24.1. The van der Waals surface area contributed by atoms with Gasteiger partial charge in [0.15, 0.2) is 0 Å². The topological polar surface area (TPSA) is 77.4 Å². The third-order valence-corrected chi connectivity index (χ3v) is 1.53. The Labute approximate surface area is 113 Å². The molecule has 0 amide bonds. The standard InChI is InChI=1S/C9H10O.Na.H2O3S/c1-8(7-10)9-5-3-2-4-6-9;;1-4(2)3/h2-8H,1H3;;(H2,1,2,3)/q;+1;/p-1. The van der Waals surface area contributed by atoms with Gasteiger partial charge in [0.2, 0.25) is 0 Å². The monoisotopic (exact) mass is 238 g/mol. The first-order chi connectivity index (χ1) is 6.57. The predicted octanol–water partition coefficient (Wildman–Crippen LogP) is -1.67. The van der Waals surface area contributed by atoms with Gasteiger partial charge in [-0.25, -0.2) is 4.21 Å². The smallest absolute Gasteiger partial charge is 0.750 e. The predicted molar refractivity (Wildman–Crippen MR) is 52.5 cm³/mol. The Hall–Kier alpha value is -0.0400. The van der Waals surface area contributed by atoms with Gasteiger partial charge in [0.25, 0.3) is 0 Å². The molecule has 1 N–H and O–H groups in total. The van der Waals surface area contributed by atoms with E-state index in [9.17, 15) is 4.79 Å². The number of hydrogen-bond acceptors (Lipinski definition) is 3. The molecule has 2 unspecified atom stereocenters. The van der Waals surface area contributed by atoms with Crippen LogP contribution in [0.4, 0.5) is 0 Å². The molecule has 1 rings (SSSR count). The Morgan fingerprint density at radius 2 is 1.80 bits per heavy atom. The summed E-state index contributed by atoms with van der Waals surface area (Å²) in [5.41, 5.74) is 1.08. The molecule has 15 heavy (non-hydrogen) atoms. The summed E-state index contributed by atoms with van der Waals surface area (Å²) in [6.07, 6.45) is 0.954. The molecule has 78 valence electrons. The number of aldehydes is 1. The van der Waals surface area contributed by atoms with Crippen LogP contribution >= 0.6 is 0 Å². The maximum atomic E-state index is 10.3. The molecule has 0 aliphatic rings. The van der Waals surface area contributed by atoms with Crippen LogP contribution in [0, 0.1) is 0 Å². The van der Waals surface area contributed by atoms with E-state index >= 15 is 0 Å². The van der Waals surface area contributed by atoms with E-state index in [4.69, 9.17) is 13.3 Å². The van der Waals surface area contributed by atoms with Crippen molar-refractivity contribution in [2.75, 3.05) is 0 Å². The van der Waals surface area contributed by atoms with E-state index in [1.54, 1.807) is 0 Å². The first kappa shape index (κ1) is 17.4. The Kier molecular flexibility index (Phi) is 12.1. The van der Waals surface area contributed by atoms with E-state index in [0.717, 1.165) is 11.8 Å². The molecule has 0 radical (unpaired) electrons. The van der Waals surface area contributed by atoms with Crippen LogP contribution in [-0.2, 0) is 16.2 Å². The molecule has 1 aromatic rings. The number of rotatable bonds is 2. The second-order valence-electron chi connectivity index (χ2n) is 2.55. The minimum absolute atomic E-state index is 0. The molecule has 1 aromatic carbocycles. The maximum absolute atomic E-state index is 10.3. The zero-order valence-electron chi connectivity index (χ0n) is 8.62. The van der Waals surface area contributed by atoms with Crippen LogP contribution in [-0.4, -0.2) is 19.6 Å². The molecule has 6 heteroatoms. The van der Waals surface area contributed by atoms with Crippen LogP contribution in [0.15, 0.2) is 30.3 Å². The molecule has 0 aromatic heterocycles. The number of hydrogen-bond donors (Lipinski definition) is 1. The maximum Gasteiger partial charge on any atom is 1.00 e. The van der Waals surface area contributed by atoms with E-state index < -0.39 is 11.4 Å². The summed E-state index contributed by atoms with van der Waals surface area (Å²) in [5.74, 6) is 0.0289. The summed E-state index contributed by atoms with van der Waals surface area (Å²) in [7, 11) is 0. The third-order valence-electron chi connectivity index (χ3n) is 1.53. The Morgan fingerprint density at radius 3 is 2.13 bits per heavy atom. The quantitative estimate of drug-likeness (QED) is 0.380. The van der Waals surface area contributed by atoms with Crippen molar-refractivity contribution in [1.29, 1.82) is 0 Å². The van der Waals surface area contributed by atoms with E-state index in [-0.39, 0.29) is 35.5 Å². The van der Waals surface area contributed by atoms with Crippen LogP contribution in [0.2, 0.25) is 0 Å². The van der Waals surface area contributed by atoms with Crippen molar-refractivity contribution in [2.45, 2.75) is 12.8 Å². The van der Waals surface area contributed by atoms with Crippen molar-refractivity contribution in [3.63, 3.8) is 0 Å². The fourth-order valence-electron chi connectivity index (χ4n) is 0.835. The van der Waals surface area contributed by atoms with E-state index in [1.807, 2.05) is 37.3 Å². The van der Waals surface area contributed by atoms with Crippen molar-refractivity contribution < 1.29 is 47.7 Å². The molecular formula is C9H11NaO4S. The van der Waals surface area contributed by atoms with Gasteiger partial charge in [0.1, 0.15) is 6.29 Å². The van der Waals surface area contributed by atoms with Gasteiger partial charge >= 0.3 is 29.6 Å². The average Bonchev–Trinajstić information content (AvgIpc) is 2.17. The molecule has 0 spiro atoms. The normalized spacial score (nSPS) is 12.5.